The Bertz CT molecular complexity index is 452. The van der Waals surface area contributed by atoms with Crippen LogP contribution in [0.5, 0.6) is 0 Å². The van der Waals surface area contributed by atoms with Gasteiger partial charge in [-0.3, -0.25) is 15.0 Å². The van der Waals surface area contributed by atoms with Crippen molar-refractivity contribution in [3.8, 4) is 0 Å². The average Bonchev–Trinajstić information content (AvgIpc) is 2.38. The van der Waals surface area contributed by atoms with Gasteiger partial charge in [0.05, 0.1) is 23.7 Å². The summed E-state index contributed by atoms with van der Waals surface area (Å²) in [4.78, 5) is 12.7. The number of nitro groups is 1. The minimum absolute atomic E-state index is 0.0219. The van der Waals surface area contributed by atoms with Gasteiger partial charge in [0.15, 0.2) is 0 Å². The number of rotatable bonds is 4. The Labute approximate surface area is 111 Å². The van der Waals surface area contributed by atoms with Crippen LogP contribution in [-0.4, -0.2) is 46.8 Å². The van der Waals surface area contributed by atoms with Gasteiger partial charge in [0.1, 0.15) is 0 Å². The van der Waals surface area contributed by atoms with E-state index < -0.39 is 0 Å². The standard InChI is InChI=1S/C13H18N2O4/c1-10-6-14(8-12(9-16)19-10)7-11-4-2-3-5-13(11)15(17)18/h2-5,10,12,16H,6-9H2,1H3. The first-order valence-corrected chi connectivity index (χ1v) is 6.31. The van der Waals surface area contributed by atoms with Gasteiger partial charge >= 0.3 is 0 Å². The number of para-hydroxylation sites is 1. The highest BCUT2D eigenvalue weighted by molar-refractivity contribution is 5.39. The van der Waals surface area contributed by atoms with Gasteiger partial charge in [-0.15, -0.1) is 0 Å². The number of nitro benzene ring substituents is 1. The molecule has 1 aromatic rings. The molecule has 0 aliphatic carbocycles. The molecule has 1 heterocycles. The van der Waals surface area contributed by atoms with E-state index in [2.05, 4.69) is 4.90 Å². The van der Waals surface area contributed by atoms with Gasteiger partial charge in [-0.1, -0.05) is 18.2 Å². The maximum Gasteiger partial charge on any atom is 0.273 e. The lowest BCUT2D eigenvalue weighted by molar-refractivity contribution is -0.385. The highest BCUT2D eigenvalue weighted by atomic mass is 16.6. The minimum atomic E-state index is -0.358. The lowest BCUT2D eigenvalue weighted by Gasteiger charge is -2.35. The molecule has 1 aromatic carbocycles. The summed E-state index contributed by atoms with van der Waals surface area (Å²) in [6, 6.07) is 6.75. The van der Waals surface area contributed by atoms with Crippen LogP contribution in [0.4, 0.5) is 5.69 Å². The molecular weight excluding hydrogens is 248 g/mol. The molecule has 0 bridgehead atoms. The number of aliphatic hydroxyl groups excluding tert-OH is 1. The molecule has 19 heavy (non-hydrogen) atoms. The van der Waals surface area contributed by atoms with Crippen molar-refractivity contribution in [3.63, 3.8) is 0 Å². The molecule has 1 N–H and O–H groups in total. The summed E-state index contributed by atoms with van der Waals surface area (Å²) in [6.45, 7) is 3.71. The van der Waals surface area contributed by atoms with Gasteiger partial charge in [-0.05, 0) is 6.92 Å². The summed E-state index contributed by atoms with van der Waals surface area (Å²) < 4.78 is 5.56. The van der Waals surface area contributed by atoms with Crippen LogP contribution in [0.1, 0.15) is 12.5 Å². The van der Waals surface area contributed by atoms with Gasteiger partial charge in [0.2, 0.25) is 0 Å². The number of aliphatic hydroxyl groups is 1. The smallest absolute Gasteiger partial charge is 0.273 e. The lowest BCUT2D eigenvalue weighted by atomic mass is 10.1. The van der Waals surface area contributed by atoms with Crippen molar-refractivity contribution in [2.75, 3.05) is 19.7 Å². The molecule has 2 rings (SSSR count). The van der Waals surface area contributed by atoms with Crippen LogP contribution in [0.25, 0.3) is 0 Å². The van der Waals surface area contributed by atoms with E-state index in [1.54, 1.807) is 18.2 Å². The zero-order chi connectivity index (χ0) is 13.8. The van der Waals surface area contributed by atoms with Crippen molar-refractivity contribution >= 4 is 5.69 Å². The molecule has 0 aromatic heterocycles. The summed E-state index contributed by atoms with van der Waals surface area (Å²) in [5, 5.41) is 20.1. The lowest BCUT2D eigenvalue weighted by Crippen LogP contribution is -2.47. The van der Waals surface area contributed by atoms with Gasteiger partial charge in [-0.25, -0.2) is 0 Å². The first-order valence-electron chi connectivity index (χ1n) is 6.31. The summed E-state index contributed by atoms with van der Waals surface area (Å²) in [5.41, 5.74) is 0.834. The predicted molar refractivity (Wildman–Crippen MR) is 69.8 cm³/mol. The second kappa shape index (κ2) is 6.10. The Morgan fingerprint density at radius 2 is 2.21 bits per heavy atom. The first-order chi connectivity index (χ1) is 9.10. The molecule has 1 fully saturated rings. The van der Waals surface area contributed by atoms with Crippen LogP contribution in [0.3, 0.4) is 0 Å². The van der Waals surface area contributed by atoms with Crippen LogP contribution in [-0.2, 0) is 11.3 Å². The second-order valence-electron chi connectivity index (χ2n) is 4.83. The fourth-order valence-corrected chi connectivity index (χ4v) is 2.43. The summed E-state index contributed by atoms with van der Waals surface area (Å²) in [7, 11) is 0. The zero-order valence-corrected chi connectivity index (χ0v) is 10.9. The van der Waals surface area contributed by atoms with Crippen molar-refractivity contribution in [2.45, 2.75) is 25.7 Å². The molecule has 0 spiro atoms. The van der Waals surface area contributed by atoms with Gasteiger partial charge in [-0.2, -0.15) is 0 Å². The Hall–Kier alpha value is -1.50. The molecule has 6 nitrogen and oxygen atoms in total. The topological polar surface area (TPSA) is 75.8 Å². The zero-order valence-electron chi connectivity index (χ0n) is 10.9. The molecule has 6 heteroatoms. The second-order valence-corrected chi connectivity index (χ2v) is 4.83. The van der Waals surface area contributed by atoms with E-state index in [0.717, 1.165) is 0 Å². The molecule has 1 aliphatic heterocycles. The third-order valence-electron chi connectivity index (χ3n) is 3.19. The van der Waals surface area contributed by atoms with Crippen LogP contribution in [0, 0.1) is 10.1 Å². The predicted octanol–water partition coefficient (Wildman–Crippen LogP) is 1.18. The number of hydrogen-bond acceptors (Lipinski definition) is 5. The highest BCUT2D eigenvalue weighted by Crippen LogP contribution is 2.21. The van der Waals surface area contributed by atoms with E-state index in [1.807, 2.05) is 6.92 Å². The molecule has 0 saturated carbocycles. The quantitative estimate of drug-likeness (QED) is 0.654. The van der Waals surface area contributed by atoms with Crippen molar-refractivity contribution in [2.24, 2.45) is 0 Å². The Balaban J connectivity index is 2.10. The van der Waals surface area contributed by atoms with E-state index in [1.165, 1.54) is 6.07 Å². The Morgan fingerprint density at radius 1 is 1.47 bits per heavy atom. The summed E-state index contributed by atoms with van der Waals surface area (Å²) in [5.74, 6) is 0. The van der Waals surface area contributed by atoms with Gasteiger partial charge in [0, 0.05) is 31.3 Å². The van der Waals surface area contributed by atoms with Crippen molar-refractivity contribution in [3.05, 3.63) is 39.9 Å². The Kier molecular flexibility index (Phi) is 4.47. The molecule has 1 saturated heterocycles. The van der Waals surface area contributed by atoms with E-state index in [9.17, 15) is 15.2 Å². The number of nitrogens with zero attached hydrogens (tertiary/aromatic N) is 2. The van der Waals surface area contributed by atoms with E-state index >= 15 is 0 Å². The van der Waals surface area contributed by atoms with E-state index in [-0.39, 0.29) is 29.4 Å². The van der Waals surface area contributed by atoms with Gasteiger partial charge in [0.25, 0.3) is 5.69 Å². The molecule has 104 valence electrons. The SMILES string of the molecule is CC1CN(Cc2ccccc2[N+](=O)[O-])CC(CO)O1. The van der Waals surface area contributed by atoms with E-state index in [0.29, 0.717) is 25.2 Å². The monoisotopic (exact) mass is 266 g/mol. The maximum atomic E-state index is 11.0. The third-order valence-corrected chi connectivity index (χ3v) is 3.19. The van der Waals surface area contributed by atoms with Crippen LogP contribution in [0.15, 0.2) is 24.3 Å². The highest BCUT2D eigenvalue weighted by Gasteiger charge is 2.26. The minimum Gasteiger partial charge on any atom is -0.394 e. The number of ether oxygens (including phenoxy) is 1. The normalized spacial score (nSPS) is 24.3. The molecule has 2 atom stereocenters. The largest absolute Gasteiger partial charge is 0.394 e. The first kappa shape index (κ1) is 13.9. The van der Waals surface area contributed by atoms with Crippen LogP contribution < -0.4 is 0 Å². The molecule has 0 radical (unpaired) electrons. The van der Waals surface area contributed by atoms with E-state index in [4.69, 9.17) is 4.74 Å². The van der Waals surface area contributed by atoms with Crippen molar-refractivity contribution in [1.29, 1.82) is 0 Å². The van der Waals surface area contributed by atoms with Crippen LogP contribution >= 0.6 is 0 Å². The van der Waals surface area contributed by atoms with Crippen molar-refractivity contribution < 1.29 is 14.8 Å². The summed E-state index contributed by atoms with van der Waals surface area (Å²) >= 11 is 0. The van der Waals surface area contributed by atoms with Crippen LogP contribution in [0.2, 0.25) is 0 Å². The fourth-order valence-electron chi connectivity index (χ4n) is 2.43. The molecule has 1 aliphatic rings. The maximum absolute atomic E-state index is 11.0. The van der Waals surface area contributed by atoms with Gasteiger partial charge < -0.3 is 9.84 Å². The summed E-state index contributed by atoms with van der Waals surface area (Å²) in [6.07, 6.45) is -0.194. The average molecular weight is 266 g/mol. The molecule has 2 unspecified atom stereocenters. The van der Waals surface area contributed by atoms with Crippen molar-refractivity contribution in [1.82, 2.24) is 4.90 Å². The third kappa shape index (κ3) is 3.50. The molecule has 0 amide bonds. The number of hydrogen-bond donors (Lipinski definition) is 1. The fraction of sp³-hybridized carbons (Fsp3) is 0.538. The number of benzene rings is 1. The molecular formula is C13H18N2O4. The number of morpholine rings is 1. The Morgan fingerprint density at radius 3 is 2.89 bits per heavy atom.